The molecule has 0 nitrogen and oxygen atoms in total. The van der Waals surface area contributed by atoms with Crippen LogP contribution in [0.15, 0.2) is 146 Å². The number of hydrogen-bond donors (Lipinski definition) is 0. The number of rotatable bonds is 5. The zero-order valence-electron chi connectivity index (χ0n) is 28.4. The third-order valence-electron chi connectivity index (χ3n) is 11.3. The van der Waals surface area contributed by atoms with E-state index in [1.807, 2.05) is 0 Å². The van der Waals surface area contributed by atoms with Crippen molar-refractivity contribution in [1.82, 2.24) is 0 Å². The van der Waals surface area contributed by atoms with Crippen LogP contribution in [-0.2, 0) is 24.6 Å². The summed E-state index contributed by atoms with van der Waals surface area (Å²) in [6.45, 7) is 0. The van der Waals surface area contributed by atoms with Gasteiger partial charge in [0.05, 0.1) is 0 Å². The van der Waals surface area contributed by atoms with Gasteiger partial charge in [-0.3, -0.25) is 0 Å². The molecule has 0 N–H and O–H groups in total. The highest BCUT2D eigenvalue weighted by atomic mass is 31.1. The van der Waals surface area contributed by atoms with Gasteiger partial charge in [-0.05, 0) is 137 Å². The van der Waals surface area contributed by atoms with Crippen LogP contribution in [0.3, 0.4) is 0 Å². The van der Waals surface area contributed by atoms with Crippen molar-refractivity contribution in [2.75, 3.05) is 12.3 Å². The molecule has 242 valence electrons. The minimum absolute atomic E-state index is 0.134. The first-order chi connectivity index (χ1) is 24.8. The fourth-order valence-corrected chi connectivity index (χ4v) is 14.2. The van der Waals surface area contributed by atoms with Gasteiger partial charge in [-0.15, -0.1) is 0 Å². The van der Waals surface area contributed by atoms with Crippen molar-refractivity contribution in [3.63, 3.8) is 0 Å². The van der Waals surface area contributed by atoms with E-state index >= 15 is 0 Å². The molecule has 0 fully saturated rings. The quantitative estimate of drug-likeness (QED) is 0.126. The number of unbranched alkanes of at least 4 members (excludes halogenated alkanes) is 1. The maximum absolute atomic E-state index is 2.46. The molecule has 0 saturated carbocycles. The summed E-state index contributed by atoms with van der Waals surface area (Å²) in [6.07, 6.45) is 10.3. The first-order valence-corrected chi connectivity index (χ1v) is 22.1. The van der Waals surface area contributed by atoms with Crippen molar-refractivity contribution in [3.8, 4) is 22.3 Å². The Morgan fingerprint density at radius 2 is 0.560 bits per heavy atom. The van der Waals surface area contributed by atoms with Gasteiger partial charge in [0, 0.05) is 0 Å². The summed E-state index contributed by atoms with van der Waals surface area (Å²) in [6, 6.07) is 55.5. The molecule has 2 aliphatic heterocycles. The second-order valence-corrected chi connectivity index (χ2v) is 19.3. The van der Waals surface area contributed by atoms with Gasteiger partial charge < -0.3 is 0 Å². The molecule has 2 aliphatic rings. The van der Waals surface area contributed by atoms with Crippen LogP contribution in [0.2, 0.25) is 0 Å². The van der Waals surface area contributed by atoms with Crippen LogP contribution in [0.1, 0.15) is 35.1 Å². The average molecular weight is 679 g/mol. The molecule has 0 amide bonds. The third-order valence-corrected chi connectivity index (χ3v) is 16.4. The molecule has 8 aromatic carbocycles. The molecule has 0 spiro atoms. The summed E-state index contributed by atoms with van der Waals surface area (Å²) < 4.78 is 0. The molecular weight excluding hydrogens is 638 g/mol. The molecule has 10 rings (SSSR count). The number of hydrogen-bond acceptors (Lipinski definition) is 0. The maximum Gasteiger partial charge on any atom is -0.00606 e. The molecule has 0 bridgehead atoms. The minimum Gasteiger partial charge on any atom is -0.0977 e. The molecule has 0 aromatic heterocycles. The summed E-state index contributed by atoms with van der Waals surface area (Å²) >= 11 is 0. The smallest absolute Gasteiger partial charge is 0.00606 e. The van der Waals surface area contributed by atoms with E-state index < -0.39 is 0 Å². The monoisotopic (exact) mass is 678 g/mol. The SMILES string of the molecule is c1ccc2c3c(ccc2c1)CP(CCCCP1Cc2ccc4ccccc4c2-c2c(ccc4ccccc24)C1)Cc1ccc2ccccc2c1-3. The van der Waals surface area contributed by atoms with Crippen molar-refractivity contribution in [1.29, 1.82) is 0 Å². The summed E-state index contributed by atoms with van der Waals surface area (Å²) in [5, 5.41) is 11.1. The van der Waals surface area contributed by atoms with Crippen LogP contribution in [0.4, 0.5) is 0 Å². The third kappa shape index (κ3) is 5.28. The van der Waals surface area contributed by atoms with Gasteiger partial charge in [0.1, 0.15) is 0 Å². The highest BCUT2D eigenvalue weighted by molar-refractivity contribution is 7.56. The summed E-state index contributed by atoms with van der Waals surface area (Å²) in [7, 11) is -0.268. The Hall–Kier alpha value is -4.34. The van der Waals surface area contributed by atoms with Gasteiger partial charge in [0.25, 0.3) is 0 Å². The van der Waals surface area contributed by atoms with Gasteiger partial charge in [-0.1, -0.05) is 161 Å². The van der Waals surface area contributed by atoms with Gasteiger partial charge in [0.15, 0.2) is 0 Å². The minimum atomic E-state index is -0.134. The highest BCUT2D eigenvalue weighted by Crippen LogP contribution is 2.56. The Morgan fingerprint density at radius 3 is 0.840 bits per heavy atom. The second kappa shape index (κ2) is 12.8. The Morgan fingerprint density at radius 1 is 0.300 bits per heavy atom. The van der Waals surface area contributed by atoms with Crippen molar-refractivity contribution in [2.45, 2.75) is 37.5 Å². The van der Waals surface area contributed by atoms with Crippen LogP contribution in [0, 0.1) is 0 Å². The molecule has 2 heteroatoms. The van der Waals surface area contributed by atoms with E-state index in [9.17, 15) is 0 Å². The van der Waals surface area contributed by atoms with Gasteiger partial charge in [-0.25, -0.2) is 0 Å². The Kier molecular flexibility index (Phi) is 7.78. The molecule has 0 aliphatic carbocycles. The highest BCUT2D eigenvalue weighted by Gasteiger charge is 2.26. The van der Waals surface area contributed by atoms with Gasteiger partial charge in [0.2, 0.25) is 0 Å². The zero-order valence-corrected chi connectivity index (χ0v) is 30.2. The van der Waals surface area contributed by atoms with E-state index in [2.05, 4.69) is 146 Å². The van der Waals surface area contributed by atoms with Crippen LogP contribution in [0.25, 0.3) is 65.3 Å². The largest absolute Gasteiger partial charge is 0.0977 e. The molecule has 0 atom stereocenters. The summed E-state index contributed by atoms with van der Waals surface area (Å²) in [5.74, 6) is 0. The molecular formula is C48H40P2. The fraction of sp³-hybridized carbons (Fsp3) is 0.167. The number of benzene rings is 8. The first-order valence-electron chi connectivity index (χ1n) is 18.3. The summed E-state index contributed by atoms with van der Waals surface area (Å²) in [5.41, 5.74) is 12.2. The second-order valence-electron chi connectivity index (χ2n) is 14.4. The Balaban J connectivity index is 0.937. The van der Waals surface area contributed by atoms with Crippen molar-refractivity contribution in [3.05, 3.63) is 168 Å². The first kappa shape index (κ1) is 30.5. The Labute approximate surface area is 297 Å². The van der Waals surface area contributed by atoms with E-state index in [0.29, 0.717) is 0 Å². The van der Waals surface area contributed by atoms with E-state index in [1.165, 1.54) is 115 Å². The standard InChI is InChI=1S/C48H40P2/c1-5-15-41-33(11-1)19-23-37-29-49(30-38-24-20-34-12-2-6-16-42(34)46(38)45(37)41)27-9-10-28-50-31-39-25-21-35-13-3-7-17-43(35)47(39)48-40(32-50)26-22-36-14-4-8-18-44(36)48/h1-8,11-26H,9-10,27-32H2. The van der Waals surface area contributed by atoms with Crippen LogP contribution in [-0.4, -0.2) is 12.3 Å². The van der Waals surface area contributed by atoms with Crippen LogP contribution in [0.5, 0.6) is 0 Å². The Bertz CT molecular complexity index is 2230. The lowest BCUT2D eigenvalue weighted by atomic mass is 9.88. The predicted molar refractivity (Wildman–Crippen MR) is 221 cm³/mol. The van der Waals surface area contributed by atoms with Gasteiger partial charge >= 0.3 is 0 Å². The molecule has 2 heterocycles. The van der Waals surface area contributed by atoms with E-state index in [0.717, 1.165) is 0 Å². The number of fused-ring (bicyclic) bond motifs is 14. The van der Waals surface area contributed by atoms with E-state index in [4.69, 9.17) is 0 Å². The van der Waals surface area contributed by atoms with Crippen molar-refractivity contribution in [2.24, 2.45) is 0 Å². The lowest BCUT2D eigenvalue weighted by Gasteiger charge is -2.19. The van der Waals surface area contributed by atoms with Crippen molar-refractivity contribution < 1.29 is 0 Å². The van der Waals surface area contributed by atoms with E-state index in [-0.39, 0.29) is 15.8 Å². The zero-order chi connectivity index (χ0) is 33.0. The molecule has 0 radical (unpaired) electrons. The topological polar surface area (TPSA) is 0 Å². The van der Waals surface area contributed by atoms with Crippen molar-refractivity contribution >= 4 is 58.9 Å². The maximum atomic E-state index is 2.46. The average Bonchev–Trinajstić information content (AvgIpc) is 3.44. The van der Waals surface area contributed by atoms with E-state index in [1.54, 1.807) is 22.3 Å². The molecule has 50 heavy (non-hydrogen) atoms. The molecule has 0 saturated heterocycles. The summed E-state index contributed by atoms with van der Waals surface area (Å²) in [4.78, 5) is 0. The van der Waals surface area contributed by atoms with Crippen LogP contribution >= 0.6 is 15.8 Å². The van der Waals surface area contributed by atoms with Crippen LogP contribution < -0.4 is 0 Å². The molecule has 0 unspecified atom stereocenters. The lowest BCUT2D eigenvalue weighted by Crippen LogP contribution is -1.96. The molecule has 8 aromatic rings. The lowest BCUT2D eigenvalue weighted by molar-refractivity contribution is 0.890. The fourth-order valence-electron chi connectivity index (χ4n) is 9.04. The predicted octanol–water partition coefficient (Wildman–Crippen LogP) is 14.1. The van der Waals surface area contributed by atoms with Gasteiger partial charge in [-0.2, -0.15) is 0 Å². The normalized spacial score (nSPS) is 14.6.